The zero-order valence-corrected chi connectivity index (χ0v) is 1.73. The normalized spacial score (nSPS) is 0. The minimum absolute atomic E-state index is 0. The van der Waals surface area contributed by atoms with Crippen LogP contribution in [-0.4, -0.2) is 25.2 Å². The summed E-state index contributed by atoms with van der Waals surface area (Å²) in [5, 5.41) is 0. The smallest absolute Gasteiger partial charge is 0 e. The second kappa shape index (κ2) is 406. The van der Waals surface area contributed by atoms with Gasteiger partial charge in [-0.2, -0.15) is 0 Å². The average Bonchev–Trinajstić information content (AvgIpc) is 0. The highest BCUT2D eigenvalue weighted by atomic mass is 12.0. The van der Waals surface area contributed by atoms with Gasteiger partial charge in [-0.1, -0.05) is 7.43 Å². The van der Waals surface area contributed by atoms with Crippen LogP contribution in [0.3, 0.4) is 0 Å². The highest BCUT2D eigenvalue weighted by Crippen LogP contribution is 0.144. The molecule has 3 heteroatoms. The van der Waals surface area contributed by atoms with Crippen LogP contribution in [0.4, 0.5) is 0 Å². The van der Waals surface area contributed by atoms with E-state index in [1.54, 1.807) is 0 Å². The van der Waals surface area contributed by atoms with Crippen molar-refractivity contribution in [3.8, 4) is 0 Å². The van der Waals surface area contributed by atoms with Gasteiger partial charge in [0.25, 0.3) is 0 Å². The summed E-state index contributed by atoms with van der Waals surface area (Å²) in [6, 6.07) is 0. The Kier molecular flexibility index (Phi) is 114000. The van der Waals surface area contributed by atoms with Crippen molar-refractivity contribution in [3.63, 3.8) is 0 Å². The van der Waals surface area contributed by atoms with Gasteiger partial charge in [-0.3, -0.25) is 0 Å². The Balaban J connectivity index is 0. The highest BCUT2D eigenvalue weighted by molar-refractivity contribution is 5.76. The van der Waals surface area contributed by atoms with Crippen LogP contribution in [0, 0.1) is 0 Å². The Labute approximate surface area is 33.7 Å². The fourth-order valence-electron chi connectivity index (χ4n) is 0. The molecule has 0 aromatic rings. The van der Waals surface area contributed by atoms with Crippen molar-refractivity contribution in [2.75, 3.05) is 0 Å². The largest absolute Gasteiger partial charge is 0.0776 e. The third-order valence-electron chi connectivity index (χ3n) is 0. The van der Waals surface area contributed by atoms with E-state index in [0.717, 1.165) is 0 Å². The van der Waals surface area contributed by atoms with Crippen molar-refractivity contribution in [1.82, 2.24) is 0 Å². The zero-order chi connectivity index (χ0) is 0. The fraction of sp³-hybridized carbons (Fsp3) is 1.00. The van der Waals surface area contributed by atoms with E-state index >= 15 is 0 Å². The van der Waals surface area contributed by atoms with Gasteiger partial charge < -0.3 is 0 Å². The van der Waals surface area contributed by atoms with Crippen molar-refractivity contribution < 1.29 is 0 Å². The van der Waals surface area contributed by atoms with Crippen LogP contribution < -0.4 is 0 Å². The van der Waals surface area contributed by atoms with Crippen molar-refractivity contribution in [3.05, 3.63) is 0 Å². The molecule has 0 aliphatic carbocycles. The van der Waals surface area contributed by atoms with E-state index in [-0.39, 0.29) is 32.7 Å². The zero-order valence-electron chi connectivity index (χ0n) is 1.73. The maximum atomic E-state index is 0. The molecule has 0 unspecified atom stereocenters. The molecule has 0 aromatic heterocycles. The Bertz CT molecular complexity index is 3.25. The summed E-state index contributed by atoms with van der Waals surface area (Å²) < 4.78 is 0. The molecule has 0 atom stereocenters. The first-order valence-electron chi connectivity index (χ1n) is 0. The molecule has 4 heavy (non-hydrogen) atoms. The summed E-state index contributed by atoms with van der Waals surface area (Å²) in [5.41, 5.74) is 0. The highest BCUT2D eigenvalue weighted by Gasteiger charge is 0.00204. The van der Waals surface area contributed by atoms with Gasteiger partial charge >= 0.3 is 0 Å². The molecule has 0 heterocycles. The molecule has 0 spiro atoms. The van der Waals surface area contributed by atoms with Gasteiger partial charge in [0.2, 0.25) is 0 Å². The van der Waals surface area contributed by atoms with Gasteiger partial charge in [0, 0.05) is 25.2 Å². The lowest BCUT2D eigenvalue weighted by Gasteiger charge is -0.0776. The van der Waals surface area contributed by atoms with Crippen LogP contribution in [0.15, 0.2) is 0 Å². The van der Waals surface area contributed by atoms with E-state index in [0.29, 0.717) is 0 Å². The standard InChI is InChI=1S/CH4.3B/h1H4;;;. The summed E-state index contributed by atoms with van der Waals surface area (Å²) in [7, 11) is 0. The Morgan fingerprint density at radius 1 is 0.500 bits per heavy atom. The summed E-state index contributed by atoms with van der Waals surface area (Å²) in [4.78, 5) is 0. The van der Waals surface area contributed by atoms with Gasteiger partial charge in [0.1, 0.15) is 0 Å². The average molecular weight is 48.5 g/mol. The lowest BCUT2D eigenvalue weighted by molar-refractivity contribution is 2.50. The molecule has 0 aliphatic heterocycles. The minimum atomic E-state index is 0. The Morgan fingerprint density at radius 2 is 0.500 bits per heavy atom. The molecule has 17 valence electrons. The summed E-state index contributed by atoms with van der Waals surface area (Å²) in [6.45, 7) is 0. The van der Waals surface area contributed by atoms with Crippen LogP contribution in [-0.2, 0) is 0 Å². The third-order valence-corrected chi connectivity index (χ3v) is 0. The summed E-state index contributed by atoms with van der Waals surface area (Å²) in [5.74, 6) is 0. The van der Waals surface area contributed by atoms with Gasteiger partial charge in [-0.05, 0) is 0 Å². The SMILES string of the molecule is C.[B].[B].[B]. The molecule has 9 radical (unpaired) electrons. The molecule has 0 N–H and O–H groups in total. The topological polar surface area (TPSA) is 0 Å². The van der Waals surface area contributed by atoms with Crippen molar-refractivity contribution in [2.24, 2.45) is 0 Å². The molecule has 0 aliphatic rings. The van der Waals surface area contributed by atoms with Crippen LogP contribution in [0.2, 0.25) is 0 Å². The molecule has 0 nitrogen and oxygen atoms in total. The van der Waals surface area contributed by atoms with E-state index in [9.17, 15) is 0 Å². The molecule has 0 amide bonds. The van der Waals surface area contributed by atoms with Crippen LogP contribution in [0.25, 0.3) is 0 Å². The second-order valence-corrected chi connectivity index (χ2v) is 0. The summed E-state index contributed by atoms with van der Waals surface area (Å²) >= 11 is 0. The molecule has 0 bridgehead atoms. The molecular weight excluding hydrogens is 44.4 g/mol. The van der Waals surface area contributed by atoms with Gasteiger partial charge in [0.05, 0.1) is 0 Å². The fourth-order valence-corrected chi connectivity index (χ4v) is 0. The van der Waals surface area contributed by atoms with Crippen LogP contribution in [0.5, 0.6) is 0 Å². The van der Waals surface area contributed by atoms with Gasteiger partial charge in [0.15, 0.2) is 0 Å². The predicted octanol–water partition coefficient (Wildman–Crippen LogP) is -0.506. The quantitative estimate of drug-likeness (QED) is 0.324. The lowest BCUT2D eigenvalue weighted by atomic mass is 10.8. The van der Waals surface area contributed by atoms with E-state index in [2.05, 4.69) is 0 Å². The minimum Gasteiger partial charge on any atom is -0.0776 e. The number of hydrogen-bond acceptors (Lipinski definition) is 0. The third kappa shape index (κ3) is 82.6. The van der Waals surface area contributed by atoms with Gasteiger partial charge in [-0.15, -0.1) is 0 Å². The summed E-state index contributed by atoms with van der Waals surface area (Å²) in [6.07, 6.45) is 0. The predicted molar refractivity (Wildman–Crippen MR) is 24.0 cm³/mol. The van der Waals surface area contributed by atoms with Gasteiger partial charge in [-0.25, -0.2) is 0 Å². The monoisotopic (exact) mass is 49.1 g/mol. The maximum Gasteiger partial charge on any atom is 0 e. The lowest BCUT2D eigenvalue weighted by Crippen LogP contribution is -0.382. The molecule has 0 aromatic carbocycles. The number of rotatable bonds is 0. The van der Waals surface area contributed by atoms with E-state index in [1.807, 2.05) is 0 Å². The van der Waals surface area contributed by atoms with E-state index in [4.69, 9.17) is 0 Å². The van der Waals surface area contributed by atoms with E-state index < -0.39 is 0 Å². The van der Waals surface area contributed by atoms with Crippen molar-refractivity contribution in [1.29, 1.82) is 0 Å². The second-order valence-electron chi connectivity index (χ2n) is 0. The molecular formula is CH4B3. The number of hydrogen-bond donors (Lipinski definition) is 0. The Hall–Kier alpha value is 0.195. The molecule has 0 saturated carbocycles. The van der Waals surface area contributed by atoms with Crippen molar-refractivity contribution >= 4 is 25.2 Å². The van der Waals surface area contributed by atoms with Crippen molar-refractivity contribution in [2.45, 2.75) is 7.43 Å². The molecule has 0 rings (SSSR count). The Morgan fingerprint density at radius 3 is 0.500 bits per heavy atom. The maximum absolute atomic E-state index is 0. The van der Waals surface area contributed by atoms with Crippen LogP contribution >= 0.6 is 0 Å². The first-order valence-corrected chi connectivity index (χ1v) is 0. The molecule has 0 fully saturated rings. The van der Waals surface area contributed by atoms with E-state index in [1.165, 1.54) is 0 Å². The first-order chi connectivity index (χ1) is 0. The first kappa shape index (κ1) is 1130. The van der Waals surface area contributed by atoms with Crippen LogP contribution in [0.1, 0.15) is 7.43 Å². The molecule has 0 saturated heterocycles.